The number of aliphatic hydroxyl groups is 3. The van der Waals surface area contributed by atoms with Gasteiger partial charge in [-0.15, -0.1) is 0 Å². The van der Waals surface area contributed by atoms with Crippen LogP contribution in [0.4, 0.5) is 0 Å². The van der Waals surface area contributed by atoms with Crippen molar-refractivity contribution >= 4 is 16.9 Å². The van der Waals surface area contributed by atoms with Crippen LogP contribution in [0, 0.1) is 0 Å². The van der Waals surface area contributed by atoms with Crippen molar-refractivity contribution < 1.29 is 24.3 Å². The summed E-state index contributed by atoms with van der Waals surface area (Å²) in [5.74, 6) is -0.520. The van der Waals surface area contributed by atoms with E-state index < -0.39 is 42.3 Å². The van der Waals surface area contributed by atoms with Gasteiger partial charge in [-0.3, -0.25) is 4.79 Å². The fraction of sp³-hybridized carbons (Fsp3) is 0.462. The number of rotatable bonds is 6. The molecule has 1 aromatic rings. The Labute approximate surface area is 124 Å². The van der Waals surface area contributed by atoms with E-state index in [1.807, 2.05) is 12.1 Å². The molecule has 0 saturated heterocycles. The second kappa shape index (κ2) is 6.63. The molecule has 0 aromatic heterocycles. The maximum Gasteiger partial charge on any atom is 0.235 e. The summed E-state index contributed by atoms with van der Waals surface area (Å²) in [6.07, 6.45) is 0. The summed E-state index contributed by atoms with van der Waals surface area (Å²) in [5.41, 5.74) is -0.563. The smallest absolute Gasteiger partial charge is 0.235 e. The predicted molar refractivity (Wildman–Crippen MR) is 75.4 cm³/mol. The van der Waals surface area contributed by atoms with E-state index >= 15 is 0 Å². The number of carbonyl (C=O) groups is 1. The molecule has 0 saturated carbocycles. The largest absolute Gasteiger partial charge is 0.394 e. The van der Waals surface area contributed by atoms with Crippen LogP contribution in [0.25, 0.3) is 0 Å². The number of benzene rings is 1. The first-order chi connectivity index (χ1) is 10.0. The highest BCUT2D eigenvalue weighted by Crippen LogP contribution is 2.26. The molecule has 0 radical (unpaired) electrons. The fourth-order valence-electron chi connectivity index (χ4n) is 2.07. The summed E-state index contributed by atoms with van der Waals surface area (Å²) in [7, 11) is -1.41. The second-order valence-electron chi connectivity index (χ2n) is 4.96. The molecule has 1 aliphatic heterocycles. The zero-order valence-corrected chi connectivity index (χ0v) is 12.2. The van der Waals surface area contributed by atoms with Crippen molar-refractivity contribution in [3.63, 3.8) is 0 Å². The first-order valence-corrected chi connectivity index (χ1v) is 7.54. The van der Waals surface area contributed by atoms with Crippen molar-refractivity contribution in [3.05, 3.63) is 29.8 Å². The van der Waals surface area contributed by atoms with Gasteiger partial charge in [0.05, 0.1) is 31.3 Å². The number of aliphatic hydroxyl groups excluding tert-OH is 3. The Kier molecular flexibility index (Phi) is 5.07. The zero-order valence-electron chi connectivity index (χ0n) is 11.4. The minimum Gasteiger partial charge on any atom is -0.394 e. The lowest BCUT2D eigenvalue weighted by atomic mass is 10.0. The summed E-state index contributed by atoms with van der Waals surface area (Å²) in [6.45, 7) is -1.53. The van der Waals surface area contributed by atoms with E-state index in [9.17, 15) is 24.3 Å². The van der Waals surface area contributed by atoms with Gasteiger partial charge in [0.25, 0.3) is 0 Å². The van der Waals surface area contributed by atoms with Gasteiger partial charge in [0.1, 0.15) is 16.5 Å². The highest BCUT2D eigenvalue weighted by molar-refractivity contribution is 7.83. The second-order valence-corrected chi connectivity index (χ2v) is 6.41. The van der Waals surface area contributed by atoms with Gasteiger partial charge in [-0.05, 0) is 11.6 Å². The summed E-state index contributed by atoms with van der Waals surface area (Å²) in [5, 5.41) is 29.9. The molecule has 4 N–H and O–H groups in total. The van der Waals surface area contributed by atoms with Crippen molar-refractivity contribution in [2.45, 2.75) is 17.0 Å². The number of carbonyl (C=O) groups excluding carboxylic acids is 1. The molecule has 1 aromatic carbocycles. The lowest BCUT2D eigenvalue weighted by Gasteiger charge is -2.29. The van der Waals surface area contributed by atoms with E-state index in [0.29, 0.717) is 11.4 Å². The third-order valence-corrected chi connectivity index (χ3v) is 4.88. The van der Waals surface area contributed by atoms with Crippen molar-refractivity contribution in [2.75, 3.05) is 26.4 Å². The summed E-state index contributed by atoms with van der Waals surface area (Å²) in [4.78, 5) is 12.7. The summed E-state index contributed by atoms with van der Waals surface area (Å²) >= 11 is 0. The van der Waals surface area contributed by atoms with Crippen molar-refractivity contribution in [1.82, 2.24) is 9.62 Å². The fourth-order valence-corrected chi connectivity index (χ4v) is 3.39. The molecule has 7 nitrogen and oxygen atoms in total. The Morgan fingerprint density at radius 3 is 2.43 bits per heavy atom. The first-order valence-electron chi connectivity index (χ1n) is 6.43. The topological polar surface area (TPSA) is 110 Å². The zero-order chi connectivity index (χ0) is 15.5. The molecule has 8 heteroatoms. The highest BCUT2D eigenvalue weighted by atomic mass is 32.2. The standard InChI is InChI=1S/C13H18N2O5S/c16-7-13(8-17,9-18)14-12(19)6-15-5-10-3-1-2-4-11(10)21(15)20/h1-4,16-18H,5-9H2,(H,14,19). The van der Waals surface area contributed by atoms with Crippen LogP contribution in [0.15, 0.2) is 29.2 Å². The lowest BCUT2D eigenvalue weighted by Crippen LogP contribution is -2.58. The highest BCUT2D eigenvalue weighted by Gasteiger charge is 2.33. The number of nitrogens with one attached hydrogen (secondary N) is 1. The average molecular weight is 314 g/mol. The van der Waals surface area contributed by atoms with Crippen LogP contribution in [-0.2, 0) is 22.3 Å². The molecule has 21 heavy (non-hydrogen) atoms. The Morgan fingerprint density at radius 1 is 1.24 bits per heavy atom. The van der Waals surface area contributed by atoms with Crippen LogP contribution in [0.2, 0.25) is 0 Å². The SMILES string of the molecule is O=C(CN1Cc2ccccc2S1=O)NC(CO)(CO)CO. The van der Waals surface area contributed by atoms with Gasteiger partial charge in [0, 0.05) is 6.54 Å². The molecule has 0 aliphatic carbocycles. The molecule has 1 atom stereocenters. The number of hydrogen-bond donors (Lipinski definition) is 4. The summed E-state index contributed by atoms with van der Waals surface area (Å²) in [6, 6.07) is 7.23. The maximum atomic E-state index is 12.2. The van der Waals surface area contributed by atoms with E-state index in [1.165, 1.54) is 4.31 Å². The van der Waals surface area contributed by atoms with Gasteiger partial charge < -0.3 is 20.6 Å². The molecule has 1 amide bonds. The Bertz CT molecular complexity index is 539. The van der Waals surface area contributed by atoms with Crippen molar-refractivity contribution in [1.29, 1.82) is 0 Å². The van der Waals surface area contributed by atoms with Gasteiger partial charge >= 0.3 is 0 Å². The third-order valence-electron chi connectivity index (χ3n) is 3.37. The van der Waals surface area contributed by atoms with Gasteiger partial charge in [-0.1, -0.05) is 18.2 Å². The molecule has 0 fully saturated rings. The van der Waals surface area contributed by atoms with Crippen LogP contribution in [0.3, 0.4) is 0 Å². The molecular formula is C13H18N2O5S. The van der Waals surface area contributed by atoms with Gasteiger partial charge in [0.15, 0.2) is 0 Å². The number of amides is 1. The minimum atomic E-state index is -1.47. The van der Waals surface area contributed by atoms with Gasteiger partial charge in [-0.25, -0.2) is 8.51 Å². The predicted octanol–water partition coefficient (Wildman–Crippen LogP) is -1.64. The number of fused-ring (bicyclic) bond motifs is 1. The number of nitrogens with zero attached hydrogens (tertiary/aromatic N) is 1. The van der Waals surface area contributed by atoms with Gasteiger partial charge in [0.2, 0.25) is 5.91 Å². The quantitative estimate of drug-likeness (QED) is 0.503. The summed E-state index contributed by atoms with van der Waals surface area (Å²) < 4.78 is 13.7. The van der Waals surface area contributed by atoms with E-state index in [-0.39, 0.29) is 6.54 Å². The molecule has 0 spiro atoms. The lowest BCUT2D eigenvalue weighted by molar-refractivity contribution is -0.125. The normalized spacial score (nSPS) is 18.5. The van der Waals surface area contributed by atoms with Crippen LogP contribution >= 0.6 is 0 Å². The monoisotopic (exact) mass is 314 g/mol. The maximum absolute atomic E-state index is 12.2. The van der Waals surface area contributed by atoms with Crippen molar-refractivity contribution in [3.8, 4) is 0 Å². The Morgan fingerprint density at radius 2 is 1.86 bits per heavy atom. The Hall–Kier alpha value is -1.32. The van der Waals surface area contributed by atoms with Crippen LogP contribution in [-0.4, -0.2) is 61.6 Å². The molecule has 1 aliphatic rings. The van der Waals surface area contributed by atoms with Crippen LogP contribution in [0.5, 0.6) is 0 Å². The molecule has 1 unspecified atom stereocenters. The van der Waals surface area contributed by atoms with Crippen LogP contribution < -0.4 is 5.32 Å². The van der Waals surface area contributed by atoms with E-state index in [4.69, 9.17) is 0 Å². The van der Waals surface area contributed by atoms with Crippen molar-refractivity contribution in [2.24, 2.45) is 0 Å². The average Bonchev–Trinajstić information content (AvgIpc) is 2.82. The molecule has 0 bridgehead atoms. The van der Waals surface area contributed by atoms with E-state index in [0.717, 1.165) is 5.56 Å². The molecule has 116 valence electrons. The molecule has 2 rings (SSSR count). The number of hydrogen-bond acceptors (Lipinski definition) is 5. The van der Waals surface area contributed by atoms with E-state index in [1.54, 1.807) is 12.1 Å². The molecular weight excluding hydrogens is 296 g/mol. The minimum absolute atomic E-state index is 0.150. The Balaban J connectivity index is 2.01. The van der Waals surface area contributed by atoms with Gasteiger partial charge in [-0.2, -0.15) is 0 Å². The van der Waals surface area contributed by atoms with E-state index in [2.05, 4.69) is 5.32 Å². The third kappa shape index (κ3) is 3.30. The van der Waals surface area contributed by atoms with Crippen LogP contribution in [0.1, 0.15) is 5.56 Å². The first kappa shape index (κ1) is 16.1. The molecule has 1 heterocycles.